The molecule has 9 heteroatoms. The van der Waals surface area contributed by atoms with Crippen LogP contribution in [-0.4, -0.2) is 41.8 Å². The van der Waals surface area contributed by atoms with Gasteiger partial charge in [-0.1, -0.05) is 12.5 Å². The van der Waals surface area contributed by atoms with Crippen molar-refractivity contribution in [2.45, 2.75) is 31.1 Å². The van der Waals surface area contributed by atoms with Gasteiger partial charge in [0, 0.05) is 24.7 Å². The summed E-state index contributed by atoms with van der Waals surface area (Å²) in [6.07, 6.45) is 1.93. The second-order valence-electron chi connectivity index (χ2n) is 6.55. The average Bonchev–Trinajstić information content (AvgIpc) is 3.05. The molecule has 0 radical (unpaired) electrons. The van der Waals surface area contributed by atoms with Crippen LogP contribution >= 0.6 is 0 Å². The highest BCUT2D eigenvalue weighted by Gasteiger charge is 2.57. The van der Waals surface area contributed by atoms with Gasteiger partial charge in [-0.05, 0) is 31.7 Å². The fourth-order valence-corrected chi connectivity index (χ4v) is 5.45. The van der Waals surface area contributed by atoms with Gasteiger partial charge >= 0.3 is 5.97 Å². The Morgan fingerprint density at radius 1 is 1.46 bits per heavy atom. The number of nitro groups is 1. The van der Waals surface area contributed by atoms with Crippen LogP contribution in [0.2, 0.25) is 0 Å². The van der Waals surface area contributed by atoms with Crippen LogP contribution in [0, 0.1) is 28.4 Å². The number of hydrogen-bond acceptors (Lipinski definition) is 5. The number of benzene rings is 1. The fraction of sp³-hybridized carbons (Fsp3) is 0.533. The lowest BCUT2D eigenvalue weighted by atomic mass is 9.81. The summed E-state index contributed by atoms with van der Waals surface area (Å²) in [6, 6.07) is 3.78. The largest absolute Gasteiger partial charge is 0.481 e. The second kappa shape index (κ2) is 5.52. The normalized spacial score (nSPS) is 27.1. The van der Waals surface area contributed by atoms with E-state index >= 15 is 0 Å². The summed E-state index contributed by atoms with van der Waals surface area (Å²) >= 11 is 0. The molecule has 0 spiro atoms. The van der Waals surface area contributed by atoms with Crippen LogP contribution in [0.4, 0.5) is 5.69 Å². The van der Waals surface area contributed by atoms with Gasteiger partial charge < -0.3 is 5.11 Å². The van der Waals surface area contributed by atoms with Crippen molar-refractivity contribution in [2.75, 3.05) is 13.1 Å². The molecule has 1 aromatic rings. The molecule has 3 rings (SSSR count). The summed E-state index contributed by atoms with van der Waals surface area (Å²) in [6.45, 7) is 1.61. The second-order valence-corrected chi connectivity index (χ2v) is 8.49. The third kappa shape index (κ3) is 2.39. The van der Waals surface area contributed by atoms with Gasteiger partial charge in [0.25, 0.3) is 5.69 Å². The van der Waals surface area contributed by atoms with Gasteiger partial charge in [0.1, 0.15) is 0 Å². The zero-order valence-corrected chi connectivity index (χ0v) is 14.0. The molecule has 1 heterocycles. The number of aryl methyl sites for hydroxylation is 1. The molecule has 2 fully saturated rings. The van der Waals surface area contributed by atoms with E-state index in [9.17, 15) is 28.4 Å². The van der Waals surface area contributed by atoms with Crippen LogP contribution in [0.3, 0.4) is 0 Å². The minimum Gasteiger partial charge on any atom is -0.481 e. The van der Waals surface area contributed by atoms with E-state index in [4.69, 9.17) is 0 Å². The van der Waals surface area contributed by atoms with Crippen molar-refractivity contribution in [1.29, 1.82) is 0 Å². The first-order chi connectivity index (χ1) is 11.2. The smallest absolute Gasteiger partial charge is 0.311 e. The molecule has 1 saturated carbocycles. The fourth-order valence-electron chi connectivity index (χ4n) is 3.87. The van der Waals surface area contributed by atoms with E-state index in [0.29, 0.717) is 18.4 Å². The van der Waals surface area contributed by atoms with Crippen molar-refractivity contribution < 1.29 is 23.2 Å². The first-order valence-corrected chi connectivity index (χ1v) is 9.11. The van der Waals surface area contributed by atoms with Gasteiger partial charge in [-0.15, -0.1) is 0 Å². The van der Waals surface area contributed by atoms with E-state index in [0.717, 1.165) is 12.5 Å². The lowest BCUT2D eigenvalue weighted by Gasteiger charge is -2.23. The molecule has 2 atom stereocenters. The highest BCUT2D eigenvalue weighted by atomic mass is 32.2. The van der Waals surface area contributed by atoms with E-state index < -0.39 is 26.3 Å². The zero-order chi connectivity index (χ0) is 17.7. The number of nitro benzene ring substituents is 1. The maximum Gasteiger partial charge on any atom is 0.311 e. The minimum absolute atomic E-state index is 0.0724. The molecular weight excluding hydrogens is 336 g/mol. The number of carboxylic acid groups (broad SMARTS) is 1. The van der Waals surface area contributed by atoms with Gasteiger partial charge in [0.2, 0.25) is 10.0 Å². The average molecular weight is 354 g/mol. The molecule has 1 aromatic carbocycles. The molecule has 0 aromatic heterocycles. The molecule has 0 amide bonds. The lowest BCUT2D eigenvalue weighted by Crippen LogP contribution is -2.37. The van der Waals surface area contributed by atoms with E-state index in [1.807, 2.05) is 0 Å². The van der Waals surface area contributed by atoms with E-state index in [2.05, 4.69) is 0 Å². The van der Waals surface area contributed by atoms with Gasteiger partial charge in [-0.3, -0.25) is 14.9 Å². The van der Waals surface area contributed by atoms with Crippen LogP contribution in [-0.2, 0) is 14.8 Å². The summed E-state index contributed by atoms with van der Waals surface area (Å²) < 4.78 is 26.8. The van der Waals surface area contributed by atoms with Gasteiger partial charge in [0.05, 0.1) is 15.2 Å². The molecule has 1 N–H and O–H groups in total. The van der Waals surface area contributed by atoms with E-state index in [-0.39, 0.29) is 29.6 Å². The molecule has 0 bridgehead atoms. The molecule has 2 aliphatic rings. The predicted molar refractivity (Wildman–Crippen MR) is 84.0 cm³/mol. The molecule has 1 aliphatic carbocycles. The van der Waals surface area contributed by atoms with Crippen molar-refractivity contribution in [3.8, 4) is 0 Å². The van der Waals surface area contributed by atoms with Crippen molar-refractivity contribution in [2.24, 2.45) is 11.3 Å². The van der Waals surface area contributed by atoms with Crippen LogP contribution in [0.1, 0.15) is 24.8 Å². The molecule has 24 heavy (non-hydrogen) atoms. The number of hydrogen-bond donors (Lipinski definition) is 1. The maximum atomic E-state index is 12.8. The SMILES string of the molecule is Cc1ccc(S(=O)(=O)N2C[C@@H]3CCC[C@@]3(C(=O)O)C2)cc1[N+](=O)[O-]. The highest BCUT2D eigenvalue weighted by molar-refractivity contribution is 7.89. The van der Waals surface area contributed by atoms with Gasteiger partial charge in [-0.2, -0.15) is 4.31 Å². The Kier molecular flexibility index (Phi) is 3.88. The monoisotopic (exact) mass is 354 g/mol. The predicted octanol–water partition coefficient (Wildman–Crippen LogP) is 1.78. The molecule has 130 valence electrons. The first kappa shape index (κ1) is 16.8. The van der Waals surface area contributed by atoms with Gasteiger partial charge in [0.15, 0.2) is 0 Å². The number of carbonyl (C=O) groups is 1. The zero-order valence-electron chi connectivity index (χ0n) is 13.1. The Morgan fingerprint density at radius 3 is 2.75 bits per heavy atom. The van der Waals surface area contributed by atoms with Crippen molar-refractivity contribution in [3.63, 3.8) is 0 Å². The molecule has 1 saturated heterocycles. The first-order valence-electron chi connectivity index (χ1n) is 7.67. The van der Waals surface area contributed by atoms with Crippen molar-refractivity contribution in [3.05, 3.63) is 33.9 Å². The quantitative estimate of drug-likeness (QED) is 0.650. The standard InChI is InChI=1S/C15H18N2O6S/c1-10-4-5-12(7-13(10)17(20)21)24(22,23)16-8-11-3-2-6-15(11,9-16)14(18)19/h4-5,7,11H,2-3,6,8-9H2,1H3,(H,18,19)/t11-,15+/m0/s1. The van der Waals surface area contributed by atoms with E-state index in [1.54, 1.807) is 0 Å². The number of fused-ring (bicyclic) bond motifs is 1. The third-order valence-corrected chi connectivity index (χ3v) is 7.09. The van der Waals surface area contributed by atoms with Crippen molar-refractivity contribution >= 4 is 21.7 Å². The molecule has 1 aliphatic heterocycles. The topological polar surface area (TPSA) is 118 Å². The number of aliphatic carboxylic acids is 1. The molecule has 0 unspecified atom stereocenters. The Morgan fingerprint density at radius 2 is 2.17 bits per heavy atom. The third-order valence-electron chi connectivity index (χ3n) is 5.28. The maximum absolute atomic E-state index is 12.8. The van der Waals surface area contributed by atoms with Gasteiger partial charge in [-0.25, -0.2) is 8.42 Å². The highest BCUT2D eigenvalue weighted by Crippen LogP contribution is 2.50. The summed E-state index contributed by atoms with van der Waals surface area (Å²) in [4.78, 5) is 21.9. The summed E-state index contributed by atoms with van der Waals surface area (Å²) in [7, 11) is -3.96. The summed E-state index contributed by atoms with van der Waals surface area (Å²) in [5, 5.41) is 20.6. The summed E-state index contributed by atoms with van der Waals surface area (Å²) in [5.74, 6) is -1.16. The Labute approximate surface area is 139 Å². The minimum atomic E-state index is -3.96. The summed E-state index contributed by atoms with van der Waals surface area (Å²) in [5.41, 5.74) is -0.911. The number of sulfonamides is 1. The Balaban J connectivity index is 1.97. The number of rotatable bonds is 4. The lowest BCUT2D eigenvalue weighted by molar-refractivity contribution is -0.385. The van der Waals surface area contributed by atoms with Crippen molar-refractivity contribution in [1.82, 2.24) is 4.31 Å². The Hall–Kier alpha value is -2.00. The Bertz CT molecular complexity index is 821. The number of carboxylic acids is 1. The van der Waals surface area contributed by atoms with E-state index in [1.165, 1.54) is 23.4 Å². The van der Waals surface area contributed by atoms with Crippen LogP contribution in [0.15, 0.2) is 23.1 Å². The molecular formula is C15H18N2O6S. The molecule has 8 nitrogen and oxygen atoms in total. The number of nitrogens with zero attached hydrogens (tertiary/aromatic N) is 2. The van der Waals surface area contributed by atoms with Crippen LogP contribution in [0.25, 0.3) is 0 Å². The van der Waals surface area contributed by atoms with Crippen LogP contribution in [0.5, 0.6) is 0 Å². The van der Waals surface area contributed by atoms with Crippen LogP contribution < -0.4 is 0 Å².